The van der Waals surface area contributed by atoms with Crippen LogP contribution in [0.3, 0.4) is 0 Å². The van der Waals surface area contributed by atoms with Gasteiger partial charge in [0.25, 0.3) is 11.8 Å². The number of carbonyl (C=O) groups is 2. The molecular formula is C24H26FN7O2. The third-order valence-corrected chi connectivity index (χ3v) is 5.72. The Hall–Kier alpha value is -4.05. The van der Waals surface area contributed by atoms with Gasteiger partial charge in [0.2, 0.25) is 0 Å². The van der Waals surface area contributed by atoms with Gasteiger partial charge in [0.1, 0.15) is 5.82 Å². The van der Waals surface area contributed by atoms with E-state index in [4.69, 9.17) is 11.5 Å². The van der Waals surface area contributed by atoms with Crippen LogP contribution in [0, 0.1) is 5.82 Å². The van der Waals surface area contributed by atoms with Crippen LogP contribution in [-0.4, -0.2) is 48.0 Å². The number of rotatable bonds is 5. The number of nitrogens with one attached hydrogen (secondary N) is 2. The summed E-state index contributed by atoms with van der Waals surface area (Å²) in [6.45, 7) is 1.49. The molecule has 34 heavy (non-hydrogen) atoms. The van der Waals surface area contributed by atoms with E-state index in [0.29, 0.717) is 12.2 Å². The Morgan fingerprint density at radius 3 is 2.76 bits per heavy atom. The number of nitrogens with two attached hydrogens (primary N) is 2. The van der Waals surface area contributed by atoms with E-state index >= 15 is 0 Å². The average molecular weight is 464 g/mol. The van der Waals surface area contributed by atoms with Crippen LogP contribution < -0.4 is 27.0 Å². The number of nitrogen functional groups attached to an aromatic ring is 1. The van der Waals surface area contributed by atoms with Gasteiger partial charge in [0, 0.05) is 43.5 Å². The number of benzene rings is 1. The molecule has 1 aliphatic rings. The van der Waals surface area contributed by atoms with Crippen LogP contribution in [0.2, 0.25) is 0 Å². The van der Waals surface area contributed by atoms with Crippen molar-refractivity contribution >= 4 is 28.9 Å². The molecule has 4 rings (SSSR count). The standard InChI is InChI=1S/C24H26FN7O2/c1-28-23(33)14-4-5-17(25)16(11-14)19-7-6-18(27)22(30-19)24(34)31-20-12-29-9-8-21(20)32-10-2-3-15(26)13-32/h4-9,11-12,15H,2-3,10,13,26-27H2,1H3,(H,28,33)(H,31,34)/t15-/m0/s1. The van der Waals surface area contributed by atoms with Gasteiger partial charge in [0.05, 0.1) is 29.0 Å². The summed E-state index contributed by atoms with van der Waals surface area (Å²) < 4.78 is 14.6. The molecule has 1 atom stereocenters. The molecule has 2 amide bonds. The van der Waals surface area contributed by atoms with E-state index in [1.165, 1.54) is 37.4 Å². The predicted octanol–water partition coefficient (Wildman–Crippen LogP) is 2.40. The highest BCUT2D eigenvalue weighted by molar-refractivity contribution is 6.08. The van der Waals surface area contributed by atoms with Gasteiger partial charge in [-0.25, -0.2) is 9.37 Å². The molecular weight excluding hydrogens is 437 g/mol. The van der Waals surface area contributed by atoms with E-state index < -0.39 is 11.7 Å². The normalized spacial score (nSPS) is 15.6. The topological polar surface area (TPSA) is 139 Å². The lowest BCUT2D eigenvalue weighted by Gasteiger charge is -2.33. The SMILES string of the molecule is CNC(=O)c1ccc(F)c(-c2ccc(N)c(C(=O)Nc3cnccc3N3CCC[C@H](N)C3)n2)c1. The Balaban J connectivity index is 1.64. The van der Waals surface area contributed by atoms with Crippen molar-refractivity contribution in [2.75, 3.05) is 36.1 Å². The van der Waals surface area contributed by atoms with Gasteiger partial charge < -0.3 is 27.0 Å². The molecule has 1 aliphatic heterocycles. The highest BCUT2D eigenvalue weighted by atomic mass is 19.1. The van der Waals surface area contributed by atoms with Crippen molar-refractivity contribution in [2.45, 2.75) is 18.9 Å². The van der Waals surface area contributed by atoms with Gasteiger partial charge in [0.15, 0.2) is 5.69 Å². The molecule has 6 N–H and O–H groups in total. The molecule has 176 valence electrons. The van der Waals surface area contributed by atoms with Crippen molar-refractivity contribution in [1.82, 2.24) is 15.3 Å². The van der Waals surface area contributed by atoms with Crippen molar-refractivity contribution in [1.29, 1.82) is 0 Å². The lowest BCUT2D eigenvalue weighted by atomic mass is 10.1. The van der Waals surface area contributed by atoms with Gasteiger partial charge in [-0.05, 0) is 49.2 Å². The summed E-state index contributed by atoms with van der Waals surface area (Å²) in [7, 11) is 1.49. The van der Waals surface area contributed by atoms with Crippen LogP contribution in [-0.2, 0) is 0 Å². The van der Waals surface area contributed by atoms with E-state index in [2.05, 4.69) is 25.5 Å². The minimum atomic E-state index is -0.577. The lowest BCUT2D eigenvalue weighted by molar-refractivity contribution is 0.0962. The Morgan fingerprint density at radius 1 is 1.18 bits per heavy atom. The van der Waals surface area contributed by atoms with E-state index in [0.717, 1.165) is 25.1 Å². The molecule has 1 fully saturated rings. The number of nitrogens with zero attached hydrogens (tertiary/aromatic N) is 3. The maximum Gasteiger partial charge on any atom is 0.276 e. The van der Waals surface area contributed by atoms with Gasteiger partial charge in [-0.2, -0.15) is 0 Å². The Bertz CT molecular complexity index is 1230. The maximum atomic E-state index is 14.6. The minimum absolute atomic E-state index is 0.0555. The van der Waals surface area contributed by atoms with Crippen molar-refractivity contribution in [2.24, 2.45) is 5.73 Å². The molecule has 2 aromatic heterocycles. The molecule has 9 nitrogen and oxygen atoms in total. The second kappa shape index (κ2) is 9.84. The fourth-order valence-electron chi connectivity index (χ4n) is 3.98. The first-order chi connectivity index (χ1) is 16.4. The monoisotopic (exact) mass is 463 g/mol. The fourth-order valence-corrected chi connectivity index (χ4v) is 3.98. The number of carbonyl (C=O) groups excluding carboxylic acids is 2. The van der Waals surface area contributed by atoms with E-state index in [1.807, 2.05) is 6.07 Å². The van der Waals surface area contributed by atoms with E-state index in [9.17, 15) is 14.0 Å². The van der Waals surface area contributed by atoms with Gasteiger partial charge in [-0.1, -0.05) is 0 Å². The fraction of sp³-hybridized carbons (Fsp3) is 0.250. The molecule has 0 radical (unpaired) electrons. The zero-order valence-corrected chi connectivity index (χ0v) is 18.7. The lowest BCUT2D eigenvalue weighted by Crippen LogP contribution is -2.43. The Kier molecular flexibility index (Phi) is 6.69. The smallest absolute Gasteiger partial charge is 0.276 e. The zero-order chi connectivity index (χ0) is 24.2. The summed E-state index contributed by atoms with van der Waals surface area (Å²) in [5.74, 6) is -1.50. The minimum Gasteiger partial charge on any atom is -0.397 e. The number of hydrogen-bond acceptors (Lipinski definition) is 7. The molecule has 0 unspecified atom stereocenters. The van der Waals surface area contributed by atoms with Crippen molar-refractivity contribution in [3.63, 3.8) is 0 Å². The molecule has 0 bridgehead atoms. The first kappa shape index (κ1) is 23.1. The first-order valence-corrected chi connectivity index (χ1v) is 10.9. The van der Waals surface area contributed by atoms with Crippen LogP contribution in [0.25, 0.3) is 11.3 Å². The molecule has 0 spiro atoms. The van der Waals surface area contributed by atoms with Crippen LogP contribution in [0.5, 0.6) is 0 Å². The summed E-state index contributed by atoms with van der Waals surface area (Å²) >= 11 is 0. The number of pyridine rings is 2. The molecule has 3 heterocycles. The summed E-state index contributed by atoms with van der Waals surface area (Å²) in [5, 5.41) is 5.32. The molecule has 1 aromatic carbocycles. The Morgan fingerprint density at radius 2 is 2.00 bits per heavy atom. The van der Waals surface area contributed by atoms with Crippen molar-refractivity contribution < 1.29 is 14.0 Å². The highest BCUT2D eigenvalue weighted by Crippen LogP contribution is 2.29. The van der Waals surface area contributed by atoms with Gasteiger partial charge in [-0.15, -0.1) is 0 Å². The van der Waals surface area contributed by atoms with Crippen LogP contribution in [0.15, 0.2) is 48.8 Å². The molecule has 0 saturated carbocycles. The van der Waals surface area contributed by atoms with E-state index in [-0.39, 0.29) is 40.2 Å². The number of aromatic nitrogens is 2. The van der Waals surface area contributed by atoms with Crippen LogP contribution >= 0.6 is 0 Å². The second-order valence-corrected chi connectivity index (χ2v) is 8.10. The predicted molar refractivity (Wildman–Crippen MR) is 129 cm³/mol. The van der Waals surface area contributed by atoms with E-state index in [1.54, 1.807) is 12.4 Å². The van der Waals surface area contributed by atoms with Crippen LogP contribution in [0.4, 0.5) is 21.5 Å². The van der Waals surface area contributed by atoms with Crippen LogP contribution in [0.1, 0.15) is 33.7 Å². The molecule has 0 aliphatic carbocycles. The number of piperidine rings is 1. The number of amides is 2. The summed E-state index contributed by atoms with van der Waals surface area (Å²) in [6, 6.07) is 8.80. The third kappa shape index (κ3) is 4.81. The summed E-state index contributed by atoms with van der Waals surface area (Å²) in [5.41, 5.74) is 14.1. The number of anilines is 3. The van der Waals surface area contributed by atoms with Gasteiger partial charge in [-0.3, -0.25) is 14.6 Å². The number of halogens is 1. The molecule has 10 heteroatoms. The maximum absolute atomic E-state index is 14.6. The number of hydrogen-bond donors (Lipinski definition) is 4. The average Bonchev–Trinajstić information content (AvgIpc) is 2.84. The van der Waals surface area contributed by atoms with Crippen molar-refractivity contribution in [3.8, 4) is 11.3 Å². The summed E-state index contributed by atoms with van der Waals surface area (Å²) in [6.07, 6.45) is 5.11. The highest BCUT2D eigenvalue weighted by Gasteiger charge is 2.22. The summed E-state index contributed by atoms with van der Waals surface area (Å²) in [4.78, 5) is 35.7. The Labute approximate surface area is 196 Å². The quantitative estimate of drug-likeness (QED) is 0.456. The van der Waals surface area contributed by atoms with Crippen molar-refractivity contribution in [3.05, 3.63) is 65.9 Å². The first-order valence-electron chi connectivity index (χ1n) is 10.9. The molecule has 1 saturated heterocycles. The third-order valence-electron chi connectivity index (χ3n) is 5.72. The second-order valence-electron chi connectivity index (χ2n) is 8.10. The zero-order valence-electron chi connectivity index (χ0n) is 18.7. The largest absolute Gasteiger partial charge is 0.397 e. The molecule has 3 aromatic rings. The van der Waals surface area contributed by atoms with Gasteiger partial charge >= 0.3 is 0 Å².